The van der Waals surface area contributed by atoms with Gasteiger partial charge in [-0.05, 0) is 92.9 Å². The Morgan fingerprint density at radius 3 is 2.45 bits per heavy atom. The van der Waals surface area contributed by atoms with Gasteiger partial charge in [-0.1, -0.05) is 38.1 Å². The molecule has 1 aromatic carbocycles. The monoisotopic (exact) mass is 572 g/mol. The van der Waals surface area contributed by atoms with Crippen LogP contribution in [0, 0.1) is 16.7 Å². The molecule has 42 heavy (non-hydrogen) atoms. The van der Waals surface area contributed by atoms with Crippen LogP contribution in [0.2, 0.25) is 0 Å². The summed E-state index contributed by atoms with van der Waals surface area (Å²) in [5.74, 6) is 0.221. The highest BCUT2D eigenvalue weighted by Crippen LogP contribution is 2.36. The number of benzene rings is 1. The maximum atomic E-state index is 13.2. The van der Waals surface area contributed by atoms with E-state index in [9.17, 15) is 14.4 Å². The largest absolute Gasteiger partial charge is 0.460 e. The molecule has 1 aromatic heterocycles. The van der Waals surface area contributed by atoms with Crippen LogP contribution in [0.15, 0.2) is 30.5 Å². The average Bonchev–Trinajstić information content (AvgIpc) is 3.42. The van der Waals surface area contributed by atoms with Crippen molar-refractivity contribution in [3.63, 3.8) is 0 Å². The molecular formula is C34H44N4O4. The Kier molecular flexibility index (Phi) is 9.71. The molecule has 0 bridgehead atoms. The molecule has 0 saturated carbocycles. The Hall–Kier alpha value is -3.73. The van der Waals surface area contributed by atoms with E-state index in [-0.39, 0.29) is 42.0 Å². The van der Waals surface area contributed by atoms with Gasteiger partial charge < -0.3 is 14.6 Å². The molecule has 0 spiro atoms. The Balaban J connectivity index is 1.41. The third-order valence-electron chi connectivity index (χ3n) is 8.07. The van der Waals surface area contributed by atoms with E-state index in [1.165, 1.54) is 23.8 Å². The lowest BCUT2D eigenvalue weighted by Crippen LogP contribution is -2.40. The number of imidazole rings is 1. The van der Waals surface area contributed by atoms with E-state index in [1.54, 1.807) is 0 Å². The summed E-state index contributed by atoms with van der Waals surface area (Å²) in [6.45, 7) is 10.8. The molecule has 2 aromatic rings. The molecule has 2 heterocycles. The number of allylic oxidation sites excluding steroid dienone is 2. The van der Waals surface area contributed by atoms with E-state index in [2.05, 4.69) is 34.2 Å². The van der Waals surface area contributed by atoms with E-state index < -0.39 is 11.0 Å². The van der Waals surface area contributed by atoms with Crippen LogP contribution in [-0.4, -0.2) is 51.2 Å². The van der Waals surface area contributed by atoms with Crippen molar-refractivity contribution in [3.8, 4) is 6.07 Å². The highest BCUT2D eigenvalue weighted by Gasteiger charge is 2.32. The first kappa shape index (κ1) is 31.2. The zero-order chi connectivity index (χ0) is 30.5. The molecule has 224 valence electrons. The number of ketones is 1. The van der Waals surface area contributed by atoms with Crippen LogP contribution >= 0.6 is 0 Å². The highest BCUT2D eigenvalue weighted by molar-refractivity contribution is 5.95. The number of hydrogen-bond acceptors (Lipinski definition) is 6. The van der Waals surface area contributed by atoms with E-state index in [4.69, 9.17) is 10.00 Å². The zero-order valence-electron chi connectivity index (χ0n) is 25.7. The smallest absolute Gasteiger partial charge is 0.306 e. The van der Waals surface area contributed by atoms with Crippen molar-refractivity contribution < 1.29 is 19.1 Å². The SMILES string of the molecule is CC(C)(CC(=O)OC(C)(C)C)CC(=O)N1CCC(c2ccc(CC(=O)c3ncc(C#N)[nH]3)c(C3=CCCCC3)c2)CC1. The lowest BCUT2D eigenvalue weighted by atomic mass is 9.82. The number of nitrogens with one attached hydrogen (secondary N) is 1. The third kappa shape index (κ3) is 8.40. The van der Waals surface area contributed by atoms with Crippen LogP contribution < -0.4 is 0 Å². The summed E-state index contributed by atoms with van der Waals surface area (Å²) in [5, 5.41) is 9.07. The Morgan fingerprint density at radius 1 is 1.10 bits per heavy atom. The topological polar surface area (TPSA) is 116 Å². The number of H-pyrrole nitrogens is 1. The quantitative estimate of drug-likeness (QED) is 0.270. The van der Waals surface area contributed by atoms with Crippen molar-refractivity contribution in [2.24, 2.45) is 5.41 Å². The van der Waals surface area contributed by atoms with Crippen molar-refractivity contribution in [2.45, 2.75) is 104 Å². The molecule has 0 atom stereocenters. The molecule has 8 heteroatoms. The number of Topliss-reactive ketones (excluding diaryl/α,β-unsaturated/α-hetero) is 1. The van der Waals surface area contributed by atoms with E-state index in [0.29, 0.717) is 25.4 Å². The number of hydrogen-bond donors (Lipinski definition) is 1. The second-order valence-electron chi connectivity index (χ2n) is 13.5. The Bertz CT molecular complexity index is 1380. The minimum atomic E-state index is -0.540. The van der Waals surface area contributed by atoms with Crippen molar-refractivity contribution in [1.29, 1.82) is 5.26 Å². The summed E-state index contributed by atoms with van der Waals surface area (Å²) in [4.78, 5) is 47.4. The first-order chi connectivity index (χ1) is 19.8. The van der Waals surface area contributed by atoms with Gasteiger partial charge in [0, 0.05) is 25.9 Å². The summed E-state index contributed by atoms with van der Waals surface area (Å²) in [5.41, 5.74) is 3.92. The lowest BCUT2D eigenvalue weighted by Gasteiger charge is -2.35. The molecule has 0 radical (unpaired) electrons. The van der Waals surface area contributed by atoms with Gasteiger partial charge in [-0.15, -0.1) is 0 Å². The number of carbonyl (C=O) groups excluding carboxylic acids is 3. The Morgan fingerprint density at radius 2 is 1.83 bits per heavy atom. The van der Waals surface area contributed by atoms with Crippen LogP contribution in [0.1, 0.15) is 125 Å². The number of amides is 1. The van der Waals surface area contributed by atoms with Gasteiger partial charge in [-0.3, -0.25) is 14.4 Å². The second-order valence-corrected chi connectivity index (χ2v) is 13.5. The standard InChI is InChI=1S/C34H44N4O4/c1-33(2,3)42-31(41)20-34(4,5)19-30(40)38-15-13-23(14-16-38)25-11-12-26(28(17-25)24-9-7-6-8-10-24)18-29(39)32-36-22-27(21-35)37-32/h9,11-12,17,22-23H,6-8,10,13-16,18-20H2,1-5H3,(H,36,37). The number of nitriles is 1. The van der Waals surface area contributed by atoms with Gasteiger partial charge >= 0.3 is 5.97 Å². The minimum absolute atomic E-state index is 0.0846. The van der Waals surface area contributed by atoms with Crippen molar-refractivity contribution in [2.75, 3.05) is 13.1 Å². The second kappa shape index (κ2) is 13.1. The maximum Gasteiger partial charge on any atom is 0.306 e. The highest BCUT2D eigenvalue weighted by atomic mass is 16.6. The van der Waals surface area contributed by atoms with Crippen LogP contribution in [0.25, 0.3) is 5.57 Å². The van der Waals surface area contributed by atoms with Gasteiger partial charge in [-0.2, -0.15) is 5.26 Å². The number of aromatic nitrogens is 2. The van der Waals surface area contributed by atoms with Crippen molar-refractivity contribution in [3.05, 3.63) is 58.7 Å². The summed E-state index contributed by atoms with van der Waals surface area (Å²) >= 11 is 0. The van der Waals surface area contributed by atoms with Gasteiger partial charge in [0.15, 0.2) is 5.82 Å². The predicted molar refractivity (Wildman–Crippen MR) is 162 cm³/mol. The normalized spacial score (nSPS) is 16.5. The van der Waals surface area contributed by atoms with E-state index in [1.807, 2.05) is 45.6 Å². The van der Waals surface area contributed by atoms with Crippen molar-refractivity contribution in [1.82, 2.24) is 14.9 Å². The van der Waals surface area contributed by atoms with Crippen LogP contribution in [0.4, 0.5) is 0 Å². The number of ether oxygens (including phenoxy) is 1. The van der Waals surface area contributed by atoms with Gasteiger partial charge in [0.25, 0.3) is 0 Å². The van der Waals surface area contributed by atoms with E-state index >= 15 is 0 Å². The molecule has 8 nitrogen and oxygen atoms in total. The zero-order valence-corrected chi connectivity index (χ0v) is 25.7. The van der Waals surface area contributed by atoms with Crippen LogP contribution in [0.5, 0.6) is 0 Å². The summed E-state index contributed by atoms with van der Waals surface area (Å²) in [6, 6.07) is 8.45. The van der Waals surface area contributed by atoms with Crippen LogP contribution in [0.3, 0.4) is 0 Å². The fourth-order valence-corrected chi connectivity index (χ4v) is 5.97. The molecule has 1 N–H and O–H groups in total. The molecule has 1 aliphatic carbocycles. The van der Waals surface area contributed by atoms with Crippen LogP contribution in [-0.2, 0) is 20.7 Å². The summed E-state index contributed by atoms with van der Waals surface area (Å²) < 4.78 is 5.47. The van der Waals surface area contributed by atoms with Gasteiger partial charge in [0.2, 0.25) is 11.7 Å². The third-order valence-corrected chi connectivity index (χ3v) is 8.07. The molecule has 1 aliphatic heterocycles. The van der Waals surface area contributed by atoms with Gasteiger partial charge in [0.1, 0.15) is 17.4 Å². The predicted octanol–water partition coefficient (Wildman–Crippen LogP) is 6.52. The number of nitrogens with zero attached hydrogens (tertiary/aromatic N) is 3. The molecule has 1 amide bonds. The average molecular weight is 573 g/mol. The lowest BCUT2D eigenvalue weighted by molar-refractivity contribution is -0.157. The van der Waals surface area contributed by atoms with Gasteiger partial charge in [0.05, 0.1) is 12.6 Å². The minimum Gasteiger partial charge on any atom is -0.460 e. The summed E-state index contributed by atoms with van der Waals surface area (Å²) in [6.07, 6.45) is 10.5. The fourth-order valence-electron chi connectivity index (χ4n) is 5.97. The van der Waals surface area contributed by atoms with Gasteiger partial charge in [-0.25, -0.2) is 4.98 Å². The van der Waals surface area contributed by atoms with Crippen molar-refractivity contribution >= 4 is 23.2 Å². The first-order valence-corrected chi connectivity index (χ1v) is 15.1. The number of carbonyl (C=O) groups is 3. The summed E-state index contributed by atoms with van der Waals surface area (Å²) in [7, 11) is 0. The number of aromatic amines is 1. The number of piperidine rings is 1. The number of likely N-dealkylation sites (tertiary alicyclic amines) is 1. The molecule has 2 aliphatic rings. The Labute approximate surface area is 249 Å². The first-order valence-electron chi connectivity index (χ1n) is 15.1. The maximum absolute atomic E-state index is 13.2. The fraction of sp³-hybridized carbons (Fsp3) is 0.559. The molecule has 4 rings (SSSR count). The molecule has 1 saturated heterocycles. The molecule has 0 unspecified atom stereocenters. The molecule has 1 fully saturated rings. The van der Waals surface area contributed by atoms with E-state index in [0.717, 1.165) is 43.2 Å². The number of esters is 1. The number of rotatable bonds is 9. The molecular weight excluding hydrogens is 528 g/mol.